The van der Waals surface area contributed by atoms with E-state index in [1.165, 1.54) is 0 Å². The van der Waals surface area contributed by atoms with Gasteiger partial charge in [0.2, 0.25) is 0 Å². The maximum atomic E-state index is 13.8. The fourth-order valence-electron chi connectivity index (χ4n) is 4.79. The first kappa shape index (κ1) is 25.2. The van der Waals surface area contributed by atoms with Crippen molar-refractivity contribution in [2.24, 2.45) is 5.92 Å². The van der Waals surface area contributed by atoms with Crippen LogP contribution in [0.2, 0.25) is 0 Å². The first-order chi connectivity index (χ1) is 18.4. The summed E-state index contributed by atoms with van der Waals surface area (Å²) in [5, 5.41) is 5.79. The molecule has 0 spiro atoms. The first-order valence-corrected chi connectivity index (χ1v) is 13.0. The molecule has 4 aromatic carbocycles. The Morgan fingerprint density at radius 1 is 0.921 bits per heavy atom. The van der Waals surface area contributed by atoms with Crippen LogP contribution in [0.25, 0.3) is 27.4 Å². The van der Waals surface area contributed by atoms with Crippen LogP contribution in [-0.4, -0.2) is 33.6 Å². The minimum atomic E-state index is -0.159. The minimum Gasteiger partial charge on any atom is -0.324 e. The topological polar surface area (TPSA) is 67.2 Å². The molecule has 6 nitrogen and oxygen atoms in total. The molecule has 1 heterocycles. The number of amides is 2. The fraction of sp³-hybridized carbons (Fsp3) is 0.219. The number of carbonyl (C=O) groups is 1. The van der Waals surface area contributed by atoms with Gasteiger partial charge < -0.3 is 10.2 Å². The monoisotopic (exact) mass is 504 g/mol. The third-order valence-corrected chi connectivity index (χ3v) is 6.70. The van der Waals surface area contributed by atoms with Gasteiger partial charge in [0.05, 0.1) is 16.6 Å². The van der Waals surface area contributed by atoms with E-state index >= 15 is 0 Å². The minimum absolute atomic E-state index is 0.111. The molecule has 6 heteroatoms. The predicted molar refractivity (Wildman–Crippen MR) is 155 cm³/mol. The van der Waals surface area contributed by atoms with E-state index in [0.717, 1.165) is 27.7 Å². The third-order valence-electron chi connectivity index (χ3n) is 6.70. The lowest BCUT2D eigenvalue weighted by molar-refractivity contribution is 0.205. The Kier molecular flexibility index (Phi) is 7.22. The van der Waals surface area contributed by atoms with Crippen LogP contribution in [0.3, 0.4) is 0 Å². The van der Waals surface area contributed by atoms with Crippen molar-refractivity contribution in [2.45, 2.75) is 27.2 Å². The van der Waals surface area contributed by atoms with Crippen LogP contribution in [-0.2, 0) is 6.42 Å². The molecule has 0 bridgehead atoms. The Hall–Kier alpha value is -4.45. The number of nitrogens with zero attached hydrogens (tertiary/aromatic N) is 3. The molecule has 0 aliphatic heterocycles. The van der Waals surface area contributed by atoms with Crippen LogP contribution >= 0.6 is 0 Å². The second-order valence-corrected chi connectivity index (χ2v) is 10.1. The highest BCUT2D eigenvalue weighted by Crippen LogP contribution is 2.20. The molecule has 0 saturated carbocycles. The summed E-state index contributed by atoms with van der Waals surface area (Å²) in [5.74, 6) is 0.909. The largest absolute Gasteiger partial charge is 0.324 e. The summed E-state index contributed by atoms with van der Waals surface area (Å²) in [5.41, 5.74) is 3.11. The van der Waals surface area contributed by atoms with E-state index in [0.29, 0.717) is 36.2 Å². The second-order valence-electron chi connectivity index (χ2n) is 10.1. The van der Waals surface area contributed by atoms with Gasteiger partial charge in [-0.2, -0.15) is 0 Å². The number of hydrogen-bond donors (Lipinski definition) is 1. The average Bonchev–Trinajstić information content (AvgIpc) is 2.92. The number of carbonyl (C=O) groups excluding carboxylic acids is 1. The standard InChI is InChI=1S/C32H32N4O2/c1-22(2)21-35(32(38)34-28-14-8-4-10-23(28)3)19-18-30-33-29-15-9-7-13-27(29)31(37)36(30)26-17-16-24-11-5-6-12-25(24)20-26/h4-17,20,22H,18-19,21H2,1-3H3,(H,34,38). The smallest absolute Gasteiger partial charge is 0.321 e. The van der Waals surface area contributed by atoms with E-state index in [1.807, 2.05) is 96.8 Å². The van der Waals surface area contributed by atoms with Crippen molar-refractivity contribution in [1.29, 1.82) is 0 Å². The highest BCUT2D eigenvalue weighted by Gasteiger charge is 2.19. The molecule has 0 unspecified atom stereocenters. The van der Waals surface area contributed by atoms with Gasteiger partial charge in [0.25, 0.3) is 5.56 Å². The van der Waals surface area contributed by atoms with Gasteiger partial charge in [-0.1, -0.05) is 74.5 Å². The molecule has 0 aliphatic carbocycles. The number of para-hydroxylation sites is 2. The molecule has 5 aromatic rings. The molecule has 0 atom stereocenters. The quantitative estimate of drug-likeness (QED) is 0.272. The van der Waals surface area contributed by atoms with E-state index in [9.17, 15) is 9.59 Å². The van der Waals surface area contributed by atoms with Gasteiger partial charge in [0.1, 0.15) is 5.82 Å². The Morgan fingerprint density at radius 2 is 1.63 bits per heavy atom. The lowest BCUT2D eigenvalue weighted by Gasteiger charge is -2.26. The van der Waals surface area contributed by atoms with Crippen LogP contribution in [0.15, 0.2) is 95.8 Å². The number of anilines is 1. The summed E-state index contributed by atoms with van der Waals surface area (Å²) >= 11 is 0. The highest BCUT2D eigenvalue weighted by molar-refractivity contribution is 5.90. The van der Waals surface area contributed by atoms with Crippen LogP contribution in [0.4, 0.5) is 10.5 Å². The molecule has 192 valence electrons. The number of hydrogen-bond acceptors (Lipinski definition) is 3. The maximum Gasteiger partial charge on any atom is 0.321 e. The van der Waals surface area contributed by atoms with Crippen molar-refractivity contribution in [2.75, 3.05) is 18.4 Å². The number of aromatic nitrogens is 2. The molecule has 0 aliphatic rings. The zero-order valence-corrected chi connectivity index (χ0v) is 22.0. The molecule has 38 heavy (non-hydrogen) atoms. The second kappa shape index (κ2) is 10.9. The molecule has 0 radical (unpaired) electrons. The van der Waals surface area contributed by atoms with E-state index in [-0.39, 0.29) is 17.5 Å². The summed E-state index contributed by atoms with van der Waals surface area (Å²) in [6.07, 6.45) is 0.431. The van der Waals surface area contributed by atoms with Crippen LogP contribution in [0, 0.1) is 12.8 Å². The Morgan fingerprint density at radius 3 is 2.42 bits per heavy atom. The lowest BCUT2D eigenvalue weighted by Crippen LogP contribution is -2.39. The summed E-state index contributed by atoms with van der Waals surface area (Å²) < 4.78 is 1.70. The van der Waals surface area contributed by atoms with Gasteiger partial charge in [0, 0.05) is 25.2 Å². The summed E-state index contributed by atoms with van der Waals surface area (Å²) in [7, 11) is 0. The third kappa shape index (κ3) is 5.30. The summed E-state index contributed by atoms with van der Waals surface area (Å²) in [6, 6.07) is 29.1. The Labute approximate surface area is 222 Å². The van der Waals surface area contributed by atoms with Gasteiger partial charge in [-0.05, 0) is 59.5 Å². The van der Waals surface area contributed by atoms with Crippen LogP contribution in [0.1, 0.15) is 25.2 Å². The van der Waals surface area contributed by atoms with Gasteiger partial charge in [0.15, 0.2) is 0 Å². The molecule has 5 rings (SSSR count). The number of benzene rings is 4. The Bertz CT molecular complexity index is 1670. The van der Waals surface area contributed by atoms with E-state index in [4.69, 9.17) is 4.98 Å². The van der Waals surface area contributed by atoms with Crippen molar-refractivity contribution < 1.29 is 4.79 Å². The Balaban J connectivity index is 1.52. The van der Waals surface area contributed by atoms with Crippen LogP contribution < -0.4 is 10.9 Å². The van der Waals surface area contributed by atoms with E-state index < -0.39 is 0 Å². The van der Waals surface area contributed by atoms with Gasteiger partial charge in [-0.15, -0.1) is 0 Å². The first-order valence-electron chi connectivity index (χ1n) is 13.0. The number of rotatable bonds is 7. The van der Waals surface area contributed by atoms with Crippen LogP contribution in [0.5, 0.6) is 0 Å². The van der Waals surface area contributed by atoms with Crippen molar-refractivity contribution in [3.8, 4) is 5.69 Å². The zero-order chi connectivity index (χ0) is 26.6. The van der Waals surface area contributed by atoms with Crippen molar-refractivity contribution in [1.82, 2.24) is 14.5 Å². The average molecular weight is 505 g/mol. The molecule has 0 fully saturated rings. The SMILES string of the molecule is Cc1ccccc1NC(=O)N(CCc1nc2ccccc2c(=O)n1-c1ccc2ccccc2c1)CC(C)C. The van der Waals surface area contributed by atoms with E-state index in [1.54, 1.807) is 4.57 Å². The number of fused-ring (bicyclic) bond motifs is 2. The van der Waals surface area contributed by atoms with Gasteiger partial charge in [-0.3, -0.25) is 9.36 Å². The van der Waals surface area contributed by atoms with Crippen molar-refractivity contribution >= 4 is 33.4 Å². The zero-order valence-electron chi connectivity index (χ0n) is 22.0. The molecule has 2 amide bonds. The fourth-order valence-corrected chi connectivity index (χ4v) is 4.79. The number of nitrogens with one attached hydrogen (secondary N) is 1. The summed E-state index contributed by atoms with van der Waals surface area (Å²) in [4.78, 5) is 33.8. The van der Waals surface area contributed by atoms with Gasteiger partial charge >= 0.3 is 6.03 Å². The maximum absolute atomic E-state index is 13.8. The number of aryl methyl sites for hydroxylation is 1. The molecule has 0 saturated heterocycles. The molecule has 1 N–H and O–H groups in total. The number of urea groups is 1. The predicted octanol–water partition coefficient (Wildman–Crippen LogP) is 6.58. The molecular formula is C32H32N4O2. The molecular weight excluding hydrogens is 472 g/mol. The normalized spacial score (nSPS) is 11.3. The molecule has 1 aromatic heterocycles. The van der Waals surface area contributed by atoms with Crippen molar-refractivity contribution in [3.63, 3.8) is 0 Å². The van der Waals surface area contributed by atoms with E-state index in [2.05, 4.69) is 25.2 Å². The van der Waals surface area contributed by atoms with Gasteiger partial charge in [-0.25, -0.2) is 9.78 Å². The van der Waals surface area contributed by atoms with Crippen molar-refractivity contribution in [3.05, 3.63) is 113 Å². The lowest BCUT2D eigenvalue weighted by atomic mass is 10.1. The highest BCUT2D eigenvalue weighted by atomic mass is 16.2. The summed E-state index contributed by atoms with van der Waals surface area (Å²) in [6.45, 7) is 7.17.